The molecule has 274 valence electrons. The second kappa shape index (κ2) is 13.1. The summed E-state index contributed by atoms with van der Waals surface area (Å²) in [5, 5.41) is 2.25. The molecule has 0 atom stereocenters. The number of imide groups is 1. The van der Waals surface area contributed by atoms with Crippen LogP contribution in [-0.2, 0) is 10.8 Å². The van der Waals surface area contributed by atoms with Crippen LogP contribution < -0.4 is 4.90 Å². The van der Waals surface area contributed by atoms with Crippen LogP contribution in [-0.4, -0.2) is 16.4 Å². The highest BCUT2D eigenvalue weighted by molar-refractivity contribution is 6.37. The first kappa shape index (κ1) is 35.2. The first-order valence-corrected chi connectivity index (χ1v) is 19.4. The summed E-state index contributed by atoms with van der Waals surface area (Å²) in [5.74, 6) is -0.666. The molecule has 0 fully saturated rings. The Hall–Kier alpha value is -6.52. The number of benzene rings is 7. The van der Waals surface area contributed by atoms with Gasteiger partial charge in [-0.3, -0.25) is 9.59 Å². The van der Waals surface area contributed by atoms with Gasteiger partial charge in [0.25, 0.3) is 11.8 Å². The lowest BCUT2D eigenvalue weighted by Gasteiger charge is -2.25. The minimum Gasteiger partial charge on any atom is -0.308 e. The van der Waals surface area contributed by atoms with Gasteiger partial charge in [0, 0.05) is 21.9 Å². The zero-order chi connectivity index (χ0) is 38.9. The number of carbonyl (C=O) groups excluding carboxylic acids is 2. The van der Waals surface area contributed by atoms with E-state index in [2.05, 4.69) is 107 Å². The molecule has 2 heterocycles. The molecule has 1 aromatic heterocycles. The highest BCUT2D eigenvalue weighted by Crippen LogP contribution is 2.48. The second-order valence-electron chi connectivity index (χ2n) is 16.9. The average molecular weight is 729 g/mol. The molecule has 0 bridgehead atoms. The fourth-order valence-electron chi connectivity index (χ4n) is 8.57. The van der Waals surface area contributed by atoms with Crippen molar-refractivity contribution in [1.82, 2.24) is 4.57 Å². The summed E-state index contributed by atoms with van der Waals surface area (Å²) in [7, 11) is 0. The number of amides is 2. The quantitative estimate of drug-likeness (QED) is 0.166. The highest BCUT2D eigenvalue weighted by atomic mass is 16.2. The van der Waals surface area contributed by atoms with E-state index in [4.69, 9.17) is 0 Å². The predicted octanol–water partition coefficient (Wildman–Crippen LogP) is 13.2. The van der Waals surface area contributed by atoms with Crippen molar-refractivity contribution in [3.8, 4) is 39.1 Å². The molecular weight excluding hydrogens is 685 g/mol. The van der Waals surface area contributed by atoms with Gasteiger partial charge in [-0.05, 0) is 68.5 Å². The minimum atomic E-state index is -0.334. The van der Waals surface area contributed by atoms with Crippen LogP contribution in [0.25, 0.3) is 60.9 Å². The molecule has 4 nitrogen and oxygen atoms in total. The van der Waals surface area contributed by atoms with Crippen molar-refractivity contribution in [2.24, 2.45) is 0 Å². The zero-order valence-corrected chi connectivity index (χ0v) is 32.7. The van der Waals surface area contributed by atoms with E-state index in [1.807, 2.05) is 97.1 Å². The van der Waals surface area contributed by atoms with Gasteiger partial charge >= 0.3 is 0 Å². The van der Waals surface area contributed by atoms with Gasteiger partial charge in [0.2, 0.25) is 0 Å². The Balaban J connectivity index is 1.36. The van der Waals surface area contributed by atoms with Crippen LogP contribution in [0.15, 0.2) is 158 Å². The molecule has 0 unspecified atom stereocenters. The van der Waals surface area contributed by atoms with Gasteiger partial charge in [0.15, 0.2) is 0 Å². The summed E-state index contributed by atoms with van der Waals surface area (Å²) in [5.41, 5.74) is 11.7. The van der Waals surface area contributed by atoms with E-state index < -0.39 is 0 Å². The van der Waals surface area contributed by atoms with Crippen LogP contribution in [0.5, 0.6) is 0 Å². The Morgan fingerprint density at radius 3 is 1.32 bits per heavy atom. The fourth-order valence-corrected chi connectivity index (χ4v) is 8.57. The normalized spacial score (nSPS) is 13.2. The molecule has 2 amide bonds. The van der Waals surface area contributed by atoms with Crippen molar-refractivity contribution in [3.05, 3.63) is 180 Å². The smallest absolute Gasteiger partial charge is 0.268 e. The Labute approximate surface area is 328 Å². The number of hydrogen-bond donors (Lipinski definition) is 0. The third-order valence-corrected chi connectivity index (χ3v) is 11.2. The number of rotatable bonds is 5. The maximum Gasteiger partial charge on any atom is 0.268 e. The number of nitrogens with zero attached hydrogens (tertiary/aromatic N) is 2. The van der Waals surface area contributed by atoms with E-state index in [1.165, 1.54) is 16.0 Å². The Kier molecular flexibility index (Phi) is 8.21. The van der Waals surface area contributed by atoms with E-state index in [1.54, 1.807) is 0 Å². The van der Waals surface area contributed by atoms with Gasteiger partial charge in [-0.1, -0.05) is 175 Å². The van der Waals surface area contributed by atoms with Crippen molar-refractivity contribution in [2.45, 2.75) is 52.4 Å². The largest absolute Gasteiger partial charge is 0.308 e. The molecule has 0 aliphatic carbocycles. The van der Waals surface area contributed by atoms with Crippen LogP contribution in [0.2, 0.25) is 0 Å². The van der Waals surface area contributed by atoms with Crippen LogP contribution in [0.1, 0.15) is 73.4 Å². The minimum absolute atomic E-state index is 0.201. The van der Waals surface area contributed by atoms with Crippen molar-refractivity contribution < 1.29 is 9.59 Å². The molecular formula is C52H44N2O2. The fraction of sp³-hybridized carbons (Fsp3) is 0.154. The summed E-state index contributed by atoms with van der Waals surface area (Å²) < 4.78 is 2.29. The van der Waals surface area contributed by atoms with Crippen LogP contribution in [0.3, 0.4) is 0 Å². The lowest BCUT2D eigenvalue weighted by atomic mass is 9.85. The maximum absolute atomic E-state index is 15.6. The van der Waals surface area contributed by atoms with E-state index in [-0.39, 0.29) is 22.6 Å². The lowest BCUT2D eigenvalue weighted by molar-refractivity contribution is 0.0926. The van der Waals surface area contributed by atoms with Gasteiger partial charge in [0.05, 0.1) is 33.5 Å². The van der Waals surface area contributed by atoms with E-state index in [0.29, 0.717) is 22.5 Å². The van der Waals surface area contributed by atoms with Gasteiger partial charge in [-0.2, -0.15) is 0 Å². The number of aromatic nitrogens is 1. The van der Waals surface area contributed by atoms with Crippen molar-refractivity contribution in [2.75, 3.05) is 4.90 Å². The van der Waals surface area contributed by atoms with Crippen molar-refractivity contribution >= 4 is 39.3 Å². The molecule has 1 aliphatic rings. The molecule has 4 heteroatoms. The second-order valence-corrected chi connectivity index (χ2v) is 16.9. The van der Waals surface area contributed by atoms with E-state index in [9.17, 15) is 0 Å². The Morgan fingerprint density at radius 1 is 0.411 bits per heavy atom. The number of para-hydroxylation sites is 2. The number of hydrogen-bond acceptors (Lipinski definition) is 2. The van der Waals surface area contributed by atoms with E-state index in [0.717, 1.165) is 55.2 Å². The zero-order valence-electron chi connectivity index (χ0n) is 32.7. The van der Waals surface area contributed by atoms with Gasteiger partial charge in [-0.25, -0.2) is 4.90 Å². The topological polar surface area (TPSA) is 42.3 Å². The van der Waals surface area contributed by atoms with Gasteiger partial charge in [0.1, 0.15) is 0 Å². The molecule has 0 radical (unpaired) electrons. The molecule has 0 spiro atoms. The summed E-state index contributed by atoms with van der Waals surface area (Å²) >= 11 is 0. The van der Waals surface area contributed by atoms with Crippen molar-refractivity contribution in [1.29, 1.82) is 0 Å². The van der Waals surface area contributed by atoms with Gasteiger partial charge < -0.3 is 4.57 Å². The molecule has 0 N–H and O–H groups in total. The number of anilines is 1. The number of fused-ring (bicyclic) bond motifs is 4. The van der Waals surface area contributed by atoms with Gasteiger partial charge in [-0.15, -0.1) is 0 Å². The van der Waals surface area contributed by atoms with E-state index >= 15 is 9.59 Å². The standard InChI is InChI=1S/C52H44N2O2/c1-51(2,3)42-28-16-25-37-38-26-17-29-43(52(4,5)6)48(38)53(47(37)42)44-30-18-27-39-45(44)50(56)54(49(39)55)46-40(34-21-12-8-13-22-34)31-36(33-19-10-7-11-20-33)32-41(46)35-23-14-9-15-24-35/h7-32H,1-6H3. The molecule has 7 aromatic carbocycles. The summed E-state index contributed by atoms with van der Waals surface area (Å²) in [4.78, 5) is 32.1. The molecule has 8 aromatic rings. The Morgan fingerprint density at radius 2 is 0.857 bits per heavy atom. The first-order chi connectivity index (χ1) is 26.9. The number of carbonyl (C=O) groups is 2. The Bertz CT molecular complexity index is 2700. The molecule has 0 saturated carbocycles. The van der Waals surface area contributed by atoms with Crippen molar-refractivity contribution in [3.63, 3.8) is 0 Å². The molecule has 1 aliphatic heterocycles. The third-order valence-electron chi connectivity index (χ3n) is 11.2. The lowest BCUT2D eigenvalue weighted by Crippen LogP contribution is -2.30. The monoisotopic (exact) mass is 728 g/mol. The predicted molar refractivity (Wildman–Crippen MR) is 232 cm³/mol. The van der Waals surface area contributed by atoms with Crippen LogP contribution in [0.4, 0.5) is 5.69 Å². The molecule has 0 saturated heterocycles. The summed E-state index contributed by atoms with van der Waals surface area (Å²) in [6.07, 6.45) is 0. The maximum atomic E-state index is 15.6. The molecule has 9 rings (SSSR count). The van der Waals surface area contributed by atoms with Crippen LogP contribution >= 0.6 is 0 Å². The van der Waals surface area contributed by atoms with Crippen LogP contribution in [0, 0.1) is 0 Å². The SMILES string of the molecule is CC(C)(C)c1cccc2c3cccc(C(C)(C)C)c3n(-c3cccc4c3C(=O)N(c3c(-c5ccccc5)cc(-c5ccccc5)cc3-c3ccccc3)C4=O)c12. The summed E-state index contributed by atoms with van der Waals surface area (Å²) in [6.45, 7) is 13.4. The molecule has 56 heavy (non-hydrogen) atoms. The highest BCUT2D eigenvalue weighted by Gasteiger charge is 2.42. The third kappa shape index (κ3) is 5.59. The first-order valence-electron chi connectivity index (χ1n) is 19.4. The average Bonchev–Trinajstić information content (AvgIpc) is 3.68. The summed E-state index contributed by atoms with van der Waals surface area (Å²) in [6, 6.07) is 53.4.